The van der Waals surface area contributed by atoms with E-state index < -0.39 is 12.0 Å². The fraction of sp³-hybridized carbons (Fsp3) is 0.370. The normalized spacial score (nSPS) is 17.9. The number of carbonyl (C=O) groups excluding carboxylic acids is 1. The number of piperidine rings is 1. The highest BCUT2D eigenvalue weighted by Gasteiger charge is 2.33. The summed E-state index contributed by atoms with van der Waals surface area (Å²) in [7, 11) is 1.58. The number of aromatic nitrogens is 1. The standard InChI is InChI=1S/C27H27Br2N3O5S/c1-4-36-26(34)22-15(2)30-27-32(23(22)16-8-9-20(35-3)18(28)12-16)24(33)21(38-27)14-17-13-19(29)25(37-17)31-10-6-5-7-11-31/h8-9,12-14,23H,4-7,10-11H2,1-3H3/b21-14-. The summed E-state index contributed by atoms with van der Waals surface area (Å²) in [5.74, 6) is 1.51. The van der Waals surface area contributed by atoms with E-state index in [2.05, 4.69) is 41.8 Å². The second-order valence-electron chi connectivity index (χ2n) is 9.05. The van der Waals surface area contributed by atoms with Crippen LogP contribution < -0.4 is 24.5 Å². The fourth-order valence-electron chi connectivity index (χ4n) is 4.85. The number of nitrogens with zero attached hydrogens (tertiary/aromatic N) is 3. The molecule has 0 spiro atoms. The molecular weight excluding hydrogens is 638 g/mol. The largest absolute Gasteiger partial charge is 0.496 e. The van der Waals surface area contributed by atoms with Crippen molar-refractivity contribution in [3.8, 4) is 5.75 Å². The van der Waals surface area contributed by atoms with E-state index in [0.29, 0.717) is 36.6 Å². The van der Waals surface area contributed by atoms with Gasteiger partial charge in [-0.25, -0.2) is 9.79 Å². The van der Waals surface area contributed by atoms with E-state index in [-0.39, 0.29) is 12.2 Å². The monoisotopic (exact) mass is 663 g/mol. The van der Waals surface area contributed by atoms with Gasteiger partial charge < -0.3 is 18.8 Å². The van der Waals surface area contributed by atoms with Crippen molar-refractivity contribution in [2.75, 3.05) is 31.7 Å². The molecule has 38 heavy (non-hydrogen) atoms. The number of furan rings is 1. The van der Waals surface area contributed by atoms with Gasteiger partial charge in [-0.3, -0.25) is 9.36 Å². The summed E-state index contributed by atoms with van der Waals surface area (Å²) >= 11 is 8.42. The average Bonchev–Trinajstić information content (AvgIpc) is 3.42. The fourth-order valence-corrected chi connectivity index (χ4v) is 6.99. The van der Waals surface area contributed by atoms with Crippen molar-refractivity contribution >= 4 is 61.1 Å². The first-order valence-corrected chi connectivity index (χ1v) is 14.8. The van der Waals surface area contributed by atoms with E-state index in [4.69, 9.17) is 13.9 Å². The third-order valence-electron chi connectivity index (χ3n) is 6.61. The Kier molecular flexibility index (Phi) is 7.97. The summed E-state index contributed by atoms with van der Waals surface area (Å²) in [4.78, 5) is 34.3. The van der Waals surface area contributed by atoms with Crippen LogP contribution in [-0.2, 0) is 9.53 Å². The Morgan fingerprint density at radius 1 is 1.21 bits per heavy atom. The van der Waals surface area contributed by atoms with Crippen LogP contribution in [0.3, 0.4) is 0 Å². The molecule has 1 aromatic carbocycles. The molecule has 0 aliphatic carbocycles. The Hall–Kier alpha value is -2.63. The van der Waals surface area contributed by atoms with Gasteiger partial charge in [0, 0.05) is 25.2 Å². The van der Waals surface area contributed by atoms with E-state index in [1.165, 1.54) is 17.8 Å². The van der Waals surface area contributed by atoms with E-state index in [1.807, 2.05) is 18.2 Å². The van der Waals surface area contributed by atoms with Crippen LogP contribution in [0.2, 0.25) is 0 Å². The third kappa shape index (κ3) is 5.03. The molecule has 0 bridgehead atoms. The van der Waals surface area contributed by atoms with Crippen molar-refractivity contribution in [1.29, 1.82) is 0 Å². The van der Waals surface area contributed by atoms with E-state index in [1.54, 1.807) is 37.7 Å². The van der Waals surface area contributed by atoms with Crippen molar-refractivity contribution in [2.24, 2.45) is 4.99 Å². The molecule has 1 saturated heterocycles. The number of ether oxygens (including phenoxy) is 2. The maximum absolute atomic E-state index is 13.8. The molecule has 0 saturated carbocycles. The number of esters is 1. The van der Waals surface area contributed by atoms with Gasteiger partial charge in [0.1, 0.15) is 11.5 Å². The van der Waals surface area contributed by atoms with Gasteiger partial charge in [-0.1, -0.05) is 17.4 Å². The first-order valence-electron chi connectivity index (χ1n) is 12.4. The van der Waals surface area contributed by atoms with E-state index in [9.17, 15) is 9.59 Å². The van der Waals surface area contributed by atoms with Crippen LogP contribution in [0, 0.1) is 0 Å². The van der Waals surface area contributed by atoms with Gasteiger partial charge in [-0.2, -0.15) is 0 Å². The number of thiazole rings is 1. The lowest BCUT2D eigenvalue weighted by Gasteiger charge is -2.26. The lowest BCUT2D eigenvalue weighted by molar-refractivity contribution is -0.139. The summed E-state index contributed by atoms with van der Waals surface area (Å²) in [6.45, 7) is 5.62. The van der Waals surface area contributed by atoms with Gasteiger partial charge in [-0.05, 0) is 82.7 Å². The molecule has 5 rings (SSSR count). The molecule has 2 aliphatic rings. The number of anilines is 1. The molecule has 0 amide bonds. The number of halogens is 2. The van der Waals surface area contributed by atoms with Crippen molar-refractivity contribution in [2.45, 2.75) is 39.2 Å². The van der Waals surface area contributed by atoms with E-state index in [0.717, 1.165) is 41.9 Å². The van der Waals surface area contributed by atoms with Gasteiger partial charge >= 0.3 is 5.97 Å². The first-order chi connectivity index (χ1) is 18.3. The quantitative estimate of drug-likeness (QED) is 0.348. The molecular formula is C27H27Br2N3O5S. The second kappa shape index (κ2) is 11.2. The van der Waals surface area contributed by atoms with Crippen molar-refractivity contribution in [3.05, 3.63) is 75.5 Å². The van der Waals surface area contributed by atoms with Crippen LogP contribution in [0.4, 0.5) is 5.88 Å². The minimum atomic E-state index is -0.707. The molecule has 2 aliphatic heterocycles. The number of fused-ring (bicyclic) bond motifs is 1. The van der Waals surface area contributed by atoms with Gasteiger partial charge in [0.25, 0.3) is 5.56 Å². The summed E-state index contributed by atoms with van der Waals surface area (Å²) in [6.07, 6.45) is 5.23. The predicted molar refractivity (Wildman–Crippen MR) is 154 cm³/mol. The number of hydrogen-bond donors (Lipinski definition) is 0. The zero-order valence-electron chi connectivity index (χ0n) is 21.3. The molecule has 4 heterocycles. The molecule has 8 nitrogen and oxygen atoms in total. The minimum Gasteiger partial charge on any atom is -0.496 e. The molecule has 0 radical (unpaired) electrons. The predicted octanol–water partition coefficient (Wildman–Crippen LogP) is 4.92. The van der Waals surface area contributed by atoms with Crippen molar-refractivity contribution < 1.29 is 18.7 Å². The third-order valence-corrected chi connectivity index (χ3v) is 8.78. The highest BCUT2D eigenvalue weighted by Crippen LogP contribution is 2.35. The van der Waals surface area contributed by atoms with Crippen LogP contribution in [0.5, 0.6) is 5.75 Å². The first kappa shape index (κ1) is 27.0. The summed E-state index contributed by atoms with van der Waals surface area (Å²) < 4.78 is 20.5. The molecule has 2 aromatic heterocycles. The molecule has 0 N–H and O–H groups in total. The molecule has 3 aromatic rings. The maximum atomic E-state index is 13.8. The Morgan fingerprint density at radius 3 is 2.66 bits per heavy atom. The number of benzene rings is 1. The molecule has 1 unspecified atom stereocenters. The Bertz CT molecular complexity index is 1600. The maximum Gasteiger partial charge on any atom is 0.338 e. The lowest BCUT2D eigenvalue weighted by atomic mass is 9.96. The molecule has 1 fully saturated rings. The minimum absolute atomic E-state index is 0.214. The van der Waals surface area contributed by atoms with Crippen LogP contribution in [-0.4, -0.2) is 37.3 Å². The van der Waals surface area contributed by atoms with Gasteiger partial charge in [-0.15, -0.1) is 0 Å². The van der Waals surface area contributed by atoms with Crippen molar-refractivity contribution in [3.63, 3.8) is 0 Å². The number of hydrogen-bond acceptors (Lipinski definition) is 8. The average molecular weight is 665 g/mol. The topological polar surface area (TPSA) is 86.3 Å². The van der Waals surface area contributed by atoms with Crippen LogP contribution >= 0.6 is 43.2 Å². The molecule has 1 atom stereocenters. The summed E-state index contributed by atoms with van der Waals surface area (Å²) in [6, 6.07) is 6.68. The zero-order chi connectivity index (χ0) is 27.0. The smallest absolute Gasteiger partial charge is 0.338 e. The van der Waals surface area contributed by atoms with Crippen LogP contribution in [0.1, 0.15) is 50.5 Å². The van der Waals surface area contributed by atoms with Gasteiger partial charge in [0.05, 0.1) is 44.5 Å². The Balaban J connectivity index is 1.64. The number of allylic oxidation sites excluding steroid dienone is 1. The number of methoxy groups -OCH3 is 1. The van der Waals surface area contributed by atoms with E-state index >= 15 is 0 Å². The van der Waals surface area contributed by atoms with Crippen LogP contribution in [0.25, 0.3) is 6.08 Å². The van der Waals surface area contributed by atoms with Crippen molar-refractivity contribution in [1.82, 2.24) is 4.57 Å². The SMILES string of the molecule is CCOC(=O)C1=C(C)N=c2s/c(=C\c3cc(Br)c(N4CCCCC4)o3)c(=O)n2C1c1ccc(OC)c(Br)c1. The lowest BCUT2D eigenvalue weighted by Crippen LogP contribution is -2.39. The second-order valence-corrected chi connectivity index (χ2v) is 11.8. The zero-order valence-corrected chi connectivity index (χ0v) is 25.2. The number of rotatable bonds is 6. The Morgan fingerprint density at radius 2 is 1.97 bits per heavy atom. The Labute approximate surface area is 240 Å². The highest BCUT2D eigenvalue weighted by molar-refractivity contribution is 9.11. The van der Waals surface area contributed by atoms with Gasteiger partial charge in [0.2, 0.25) is 5.88 Å². The molecule has 200 valence electrons. The highest BCUT2D eigenvalue weighted by atomic mass is 79.9. The van der Waals surface area contributed by atoms with Gasteiger partial charge in [0.15, 0.2) is 4.80 Å². The van der Waals surface area contributed by atoms with Crippen LogP contribution in [0.15, 0.2) is 58.7 Å². The number of carbonyl (C=O) groups is 1. The summed E-state index contributed by atoms with van der Waals surface area (Å²) in [5.41, 5.74) is 1.32. The summed E-state index contributed by atoms with van der Waals surface area (Å²) in [5, 5.41) is 0. The molecule has 11 heteroatoms.